The molecule has 1 saturated heterocycles. The maximum absolute atomic E-state index is 11.8. The van der Waals surface area contributed by atoms with Crippen LogP contribution < -0.4 is 5.73 Å². The van der Waals surface area contributed by atoms with Crippen LogP contribution in [-0.4, -0.2) is 34.8 Å². The zero-order chi connectivity index (χ0) is 11.8. The van der Waals surface area contributed by atoms with E-state index in [1.807, 2.05) is 0 Å². The van der Waals surface area contributed by atoms with Crippen molar-refractivity contribution in [1.29, 1.82) is 0 Å². The molecule has 2 heterocycles. The Labute approximate surface area is 95.1 Å². The average Bonchev–Trinajstić information content (AvgIpc) is 2.53. The molecule has 6 nitrogen and oxygen atoms in total. The molecule has 1 fully saturated rings. The summed E-state index contributed by atoms with van der Waals surface area (Å²) >= 11 is 0. The van der Waals surface area contributed by atoms with Gasteiger partial charge in [0.1, 0.15) is 5.82 Å². The third-order valence-electron chi connectivity index (χ3n) is 2.86. The van der Waals surface area contributed by atoms with Gasteiger partial charge in [-0.2, -0.15) is 9.40 Å². The summed E-state index contributed by atoms with van der Waals surface area (Å²) in [4.78, 5) is 0. The van der Waals surface area contributed by atoms with Crippen LogP contribution in [0.15, 0.2) is 6.20 Å². The molecule has 90 valence electrons. The number of nitrogens with zero attached hydrogens (tertiary/aromatic N) is 3. The molecule has 2 N–H and O–H groups in total. The minimum absolute atomic E-state index is 0.243. The van der Waals surface area contributed by atoms with Gasteiger partial charge in [-0.25, -0.2) is 8.42 Å². The van der Waals surface area contributed by atoms with Gasteiger partial charge in [0.2, 0.25) is 10.0 Å². The summed E-state index contributed by atoms with van der Waals surface area (Å²) in [6.07, 6.45) is 3.29. The van der Waals surface area contributed by atoms with E-state index >= 15 is 0 Å². The van der Waals surface area contributed by atoms with Crippen LogP contribution in [0.1, 0.15) is 18.4 Å². The van der Waals surface area contributed by atoms with Crippen molar-refractivity contribution in [2.45, 2.75) is 19.4 Å². The number of rotatable bonds is 2. The summed E-state index contributed by atoms with van der Waals surface area (Å²) in [6.45, 7) is 0.915. The SMILES string of the molecule is Cn1ncc(CN2CCCCS2(=O)=O)c1N. The van der Waals surface area contributed by atoms with Crippen molar-refractivity contribution in [3.8, 4) is 0 Å². The number of sulfonamides is 1. The molecule has 1 aliphatic rings. The van der Waals surface area contributed by atoms with Gasteiger partial charge >= 0.3 is 0 Å². The fraction of sp³-hybridized carbons (Fsp3) is 0.667. The summed E-state index contributed by atoms with van der Waals surface area (Å²) < 4.78 is 26.6. The van der Waals surface area contributed by atoms with Crippen molar-refractivity contribution in [2.75, 3.05) is 18.0 Å². The highest BCUT2D eigenvalue weighted by atomic mass is 32.2. The first-order valence-electron chi connectivity index (χ1n) is 5.25. The number of aromatic nitrogens is 2. The Kier molecular flexibility index (Phi) is 2.90. The van der Waals surface area contributed by atoms with Crippen LogP contribution in [0, 0.1) is 0 Å². The molecule has 0 saturated carbocycles. The van der Waals surface area contributed by atoms with Crippen molar-refractivity contribution >= 4 is 15.8 Å². The Bertz CT molecular complexity index is 480. The van der Waals surface area contributed by atoms with Gasteiger partial charge in [0.15, 0.2) is 0 Å². The molecule has 2 rings (SSSR count). The third-order valence-corrected chi connectivity index (χ3v) is 4.77. The molecule has 16 heavy (non-hydrogen) atoms. The van der Waals surface area contributed by atoms with Crippen LogP contribution in [0.2, 0.25) is 0 Å². The van der Waals surface area contributed by atoms with Gasteiger partial charge in [-0.1, -0.05) is 0 Å². The monoisotopic (exact) mass is 244 g/mol. The molecule has 0 atom stereocenters. The van der Waals surface area contributed by atoms with Gasteiger partial charge in [0, 0.05) is 25.7 Å². The van der Waals surface area contributed by atoms with E-state index in [0.717, 1.165) is 18.4 Å². The predicted molar refractivity (Wildman–Crippen MR) is 61.1 cm³/mol. The lowest BCUT2D eigenvalue weighted by Crippen LogP contribution is -2.37. The minimum atomic E-state index is -3.09. The number of aryl methyl sites for hydroxylation is 1. The molecule has 0 aliphatic carbocycles. The Balaban J connectivity index is 2.18. The first-order chi connectivity index (χ1) is 7.50. The number of hydrogen-bond acceptors (Lipinski definition) is 4. The van der Waals surface area contributed by atoms with Crippen LogP contribution in [0.5, 0.6) is 0 Å². The molecule has 0 bridgehead atoms. The normalized spacial score (nSPS) is 21.1. The predicted octanol–water partition coefficient (Wildman–Crippen LogP) is -0.0721. The highest BCUT2D eigenvalue weighted by Crippen LogP contribution is 2.19. The van der Waals surface area contributed by atoms with Crippen molar-refractivity contribution in [3.63, 3.8) is 0 Å². The van der Waals surface area contributed by atoms with Crippen molar-refractivity contribution in [1.82, 2.24) is 14.1 Å². The Morgan fingerprint density at radius 3 is 2.81 bits per heavy atom. The molecule has 0 spiro atoms. The maximum Gasteiger partial charge on any atom is 0.214 e. The van der Waals surface area contributed by atoms with Crippen LogP contribution in [0.4, 0.5) is 5.82 Å². The van der Waals surface area contributed by atoms with E-state index in [9.17, 15) is 8.42 Å². The van der Waals surface area contributed by atoms with E-state index in [1.165, 1.54) is 4.31 Å². The lowest BCUT2D eigenvalue weighted by molar-refractivity contribution is 0.379. The van der Waals surface area contributed by atoms with Crippen molar-refractivity contribution in [3.05, 3.63) is 11.8 Å². The smallest absolute Gasteiger partial charge is 0.214 e. The molecule has 1 aromatic heterocycles. The Morgan fingerprint density at radius 2 is 2.25 bits per heavy atom. The van der Waals surface area contributed by atoms with E-state index in [-0.39, 0.29) is 5.75 Å². The summed E-state index contributed by atoms with van der Waals surface area (Å²) in [5.41, 5.74) is 6.56. The van der Waals surface area contributed by atoms with E-state index in [1.54, 1.807) is 17.9 Å². The van der Waals surface area contributed by atoms with Crippen LogP contribution in [0.25, 0.3) is 0 Å². The molecule has 7 heteroatoms. The van der Waals surface area contributed by atoms with E-state index < -0.39 is 10.0 Å². The maximum atomic E-state index is 11.8. The third kappa shape index (κ3) is 2.05. The minimum Gasteiger partial charge on any atom is -0.384 e. The van der Waals surface area contributed by atoms with Crippen LogP contribution in [0.3, 0.4) is 0 Å². The van der Waals surface area contributed by atoms with Gasteiger partial charge in [0.05, 0.1) is 11.9 Å². The summed E-state index contributed by atoms with van der Waals surface area (Å²) in [6, 6.07) is 0. The summed E-state index contributed by atoms with van der Waals surface area (Å²) in [5.74, 6) is 0.772. The molecule has 0 radical (unpaired) electrons. The second-order valence-corrected chi connectivity index (χ2v) is 6.12. The average molecular weight is 244 g/mol. The summed E-state index contributed by atoms with van der Waals surface area (Å²) in [7, 11) is -1.35. The number of nitrogen functional groups attached to an aromatic ring is 1. The second-order valence-electron chi connectivity index (χ2n) is 4.04. The van der Waals surface area contributed by atoms with E-state index in [0.29, 0.717) is 18.9 Å². The Morgan fingerprint density at radius 1 is 1.50 bits per heavy atom. The topological polar surface area (TPSA) is 81.2 Å². The highest BCUT2D eigenvalue weighted by molar-refractivity contribution is 7.89. The molecule has 1 aromatic rings. The quantitative estimate of drug-likeness (QED) is 0.789. The fourth-order valence-electron chi connectivity index (χ4n) is 1.82. The first kappa shape index (κ1) is 11.4. The number of nitrogens with two attached hydrogens (primary N) is 1. The molecule has 1 aliphatic heterocycles. The van der Waals surface area contributed by atoms with Gasteiger partial charge in [-0.15, -0.1) is 0 Å². The Hall–Kier alpha value is -1.08. The van der Waals surface area contributed by atoms with Crippen LogP contribution >= 0.6 is 0 Å². The molecular formula is C9H16N4O2S. The molecule has 0 amide bonds. The number of hydrogen-bond donors (Lipinski definition) is 1. The molecular weight excluding hydrogens is 228 g/mol. The second kappa shape index (κ2) is 4.06. The fourth-order valence-corrected chi connectivity index (χ4v) is 3.39. The van der Waals surface area contributed by atoms with E-state index in [4.69, 9.17) is 5.73 Å². The zero-order valence-corrected chi connectivity index (χ0v) is 10.1. The van der Waals surface area contributed by atoms with E-state index in [2.05, 4.69) is 5.10 Å². The van der Waals surface area contributed by atoms with Gasteiger partial charge in [-0.05, 0) is 12.8 Å². The van der Waals surface area contributed by atoms with Gasteiger partial charge in [-0.3, -0.25) is 4.68 Å². The standard InChI is InChI=1S/C9H16N4O2S/c1-12-9(10)8(6-11-12)7-13-4-2-3-5-16(13,14)15/h6H,2-5,7,10H2,1H3. The first-order valence-corrected chi connectivity index (χ1v) is 6.86. The summed E-state index contributed by atoms with van der Waals surface area (Å²) in [5, 5.41) is 4.00. The van der Waals surface area contributed by atoms with Gasteiger partial charge < -0.3 is 5.73 Å². The molecule has 0 unspecified atom stereocenters. The van der Waals surface area contributed by atoms with Gasteiger partial charge in [0.25, 0.3) is 0 Å². The number of anilines is 1. The highest BCUT2D eigenvalue weighted by Gasteiger charge is 2.26. The van der Waals surface area contributed by atoms with Crippen molar-refractivity contribution < 1.29 is 8.42 Å². The molecule has 0 aromatic carbocycles. The largest absolute Gasteiger partial charge is 0.384 e. The zero-order valence-electron chi connectivity index (χ0n) is 9.26. The van der Waals surface area contributed by atoms with Crippen molar-refractivity contribution in [2.24, 2.45) is 7.05 Å². The lowest BCUT2D eigenvalue weighted by Gasteiger charge is -2.25. The lowest BCUT2D eigenvalue weighted by atomic mass is 10.3. The van der Waals surface area contributed by atoms with Crippen LogP contribution in [-0.2, 0) is 23.6 Å².